The van der Waals surface area contributed by atoms with Gasteiger partial charge >= 0.3 is 0 Å². The summed E-state index contributed by atoms with van der Waals surface area (Å²) in [5.41, 5.74) is 1.93. The molecule has 156 valence electrons. The number of hydrogen-bond donors (Lipinski definition) is 1. The zero-order chi connectivity index (χ0) is 21.8. The molecule has 0 radical (unpaired) electrons. The van der Waals surface area contributed by atoms with Crippen LogP contribution in [0.15, 0.2) is 61.3 Å². The Balaban J connectivity index is 1.55. The number of aromatic nitrogens is 6. The molecule has 0 aliphatic heterocycles. The summed E-state index contributed by atoms with van der Waals surface area (Å²) < 4.78 is 7.69. The van der Waals surface area contributed by atoms with Gasteiger partial charge in [0.2, 0.25) is 5.88 Å². The van der Waals surface area contributed by atoms with E-state index in [0.717, 1.165) is 5.56 Å². The molecular weight excluding hydrogens is 394 g/mol. The van der Waals surface area contributed by atoms with Crippen molar-refractivity contribution in [3.63, 3.8) is 0 Å². The smallest absolute Gasteiger partial charge is 0.256 e. The van der Waals surface area contributed by atoms with Crippen LogP contribution in [0.3, 0.4) is 0 Å². The van der Waals surface area contributed by atoms with Crippen LogP contribution in [0.2, 0.25) is 0 Å². The van der Waals surface area contributed by atoms with E-state index in [-0.39, 0.29) is 11.9 Å². The van der Waals surface area contributed by atoms with Crippen molar-refractivity contribution in [1.29, 1.82) is 0 Å². The fourth-order valence-electron chi connectivity index (χ4n) is 2.92. The zero-order valence-corrected chi connectivity index (χ0v) is 17.4. The molecule has 4 rings (SSSR count). The first-order valence-corrected chi connectivity index (χ1v) is 9.74. The van der Waals surface area contributed by atoms with Gasteiger partial charge in [-0.15, -0.1) is 10.2 Å². The Morgan fingerprint density at radius 1 is 1.16 bits per heavy atom. The van der Waals surface area contributed by atoms with E-state index >= 15 is 0 Å². The average Bonchev–Trinajstić information content (AvgIpc) is 3.27. The third kappa shape index (κ3) is 4.55. The maximum atomic E-state index is 12.8. The van der Waals surface area contributed by atoms with Gasteiger partial charge in [0.1, 0.15) is 23.6 Å². The Labute approximate surface area is 179 Å². The molecule has 31 heavy (non-hydrogen) atoms. The predicted molar refractivity (Wildman–Crippen MR) is 115 cm³/mol. The summed E-state index contributed by atoms with van der Waals surface area (Å²) in [6.07, 6.45) is 6.28. The lowest BCUT2D eigenvalue weighted by Gasteiger charge is -2.11. The summed E-state index contributed by atoms with van der Waals surface area (Å²) in [5.74, 6) is 1.63. The van der Waals surface area contributed by atoms with Gasteiger partial charge in [0.05, 0.1) is 6.20 Å². The second kappa shape index (κ2) is 8.70. The third-order valence-corrected chi connectivity index (χ3v) is 4.55. The normalized spacial score (nSPS) is 10.8. The van der Waals surface area contributed by atoms with Crippen LogP contribution in [0.4, 0.5) is 5.82 Å². The molecule has 0 bridgehead atoms. The van der Waals surface area contributed by atoms with Crippen LogP contribution >= 0.6 is 0 Å². The number of aryl methyl sites for hydroxylation is 1. The molecule has 4 aromatic rings. The average molecular weight is 415 g/mol. The fourth-order valence-corrected chi connectivity index (χ4v) is 2.92. The maximum absolute atomic E-state index is 12.8. The van der Waals surface area contributed by atoms with Crippen molar-refractivity contribution in [1.82, 2.24) is 29.7 Å². The number of ether oxygens (including phenoxy) is 1. The summed E-state index contributed by atoms with van der Waals surface area (Å²) in [5, 5.41) is 11.0. The minimum Gasteiger partial charge on any atom is -0.437 e. The summed E-state index contributed by atoms with van der Waals surface area (Å²) in [6, 6.07) is 10.8. The molecule has 0 fully saturated rings. The van der Waals surface area contributed by atoms with Crippen molar-refractivity contribution < 1.29 is 9.53 Å². The second-order valence-electron chi connectivity index (χ2n) is 7.14. The van der Waals surface area contributed by atoms with Crippen molar-refractivity contribution in [2.75, 3.05) is 5.32 Å². The minimum absolute atomic E-state index is 0.185. The van der Waals surface area contributed by atoms with Crippen molar-refractivity contribution in [3.8, 4) is 23.1 Å². The first kappa shape index (κ1) is 20.1. The van der Waals surface area contributed by atoms with Crippen molar-refractivity contribution >= 4 is 11.7 Å². The summed E-state index contributed by atoms with van der Waals surface area (Å²) in [6.45, 7) is 5.97. The first-order valence-electron chi connectivity index (χ1n) is 9.74. The number of amides is 1. The Kier molecular flexibility index (Phi) is 5.65. The molecule has 1 amide bonds. The van der Waals surface area contributed by atoms with E-state index in [1.807, 2.05) is 43.5 Å². The van der Waals surface area contributed by atoms with E-state index in [1.165, 1.54) is 6.20 Å². The van der Waals surface area contributed by atoms with Gasteiger partial charge in [0.25, 0.3) is 5.91 Å². The van der Waals surface area contributed by atoms with Crippen LogP contribution in [0.25, 0.3) is 11.5 Å². The van der Waals surface area contributed by atoms with Crippen molar-refractivity contribution in [2.45, 2.75) is 26.8 Å². The molecule has 3 heterocycles. The zero-order valence-electron chi connectivity index (χ0n) is 17.4. The monoisotopic (exact) mass is 415 g/mol. The Morgan fingerprint density at radius 3 is 2.81 bits per heavy atom. The fraction of sp³-hybridized carbons (Fsp3) is 0.182. The van der Waals surface area contributed by atoms with Crippen LogP contribution in [-0.4, -0.2) is 35.6 Å². The molecule has 1 aromatic carbocycles. The highest BCUT2D eigenvalue weighted by atomic mass is 16.5. The van der Waals surface area contributed by atoms with Gasteiger partial charge in [-0.1, -0.05) is 12.1 Å². The number of carbonyl (C=O) groups is 1. The SMILES string of the molecule is Cc1ccc(C(=O)Nc2cccc(-c3nncn3C(C)C)n2)cc1Oc1cnccn1. The maximum Gasteiger partial charge on any atom is 0.256 e. The predicted octanol–water partition coefficient (Wildman–Crippen LogP) is 4.06. The lowest BCUT2D eigenvalue weighted by atomic mass is 10.1. The summed E-state index contributed by atoms with van der Waals surface area (Å²) in [4.78, 5) is 25.4. The molecule has 0 aliphatic rings. The number of hydrogen-bond acceptors (Lipinski definition) is 7. The molecule has 9 nitrogen and oxygen atoms in total. The third-order valence-electron chi connectivity index (χ3n) is 4.55. The van der Waals surface area contributed by atoms with E-state index in [9.17, 15) is 4.79 Å². The number of rotatable bonds is 6. The molecular formula is C22H21N7O2. The number of anilines is 1. The van der Waals surface area contributed by atoms with E-state index in [4.69, 9.17) is 4.74 Å². The second-order valence-corrected chi connectivity index (χ2v) is 7.14. The molecule has 0 saturated carbocycles. The summed E-state index contributed by atoms with van der Waals surface area (Å²) in [7, 11) is 0. The Hall–Kier alpha value is -4.14. The quantitative estimate of drug-likeness (QED) is 0.506. The summed E-state index contributed by atoms with van der Waals surface area (Å²) >= 11 is 0. The van der Waals surface area contributed by atoms with E-state index in [2.05, 4.69) is 30.5 Å². The van der Waals surface area contributed by atoms with E-state index < -0.39 is 0 Å². The number of nitrogens with zero attached hydrogens (tertiary/aromatic N) is 6. The Morgan fingerprint density at radius 2 is 2.03 bits per heavy atom. The standard InChI is InChI=1S/C22H21N7O2/c1-14(2)29-13-25-28-21(29)17-5-4-6-19(26-17)27-22(30)16-8-7-15(3)18(11-16)31-20-12-23-9-10-24-20/h4-14H,1-3H3,(H,26,27,30). The van der Waals surface area contributed by atoms with E-state index in [0.29, 0.717) is 34.5 Å². The van der Waals surface area contributed by atoms with E-state index in [1.54, 1.807) is 36.9 Å². The van der Waals surface area contributed by atoms with Gasteiger partial charge < -0.3 is 14.6 Å². The van der Waals surface area contributed by atoms with Crippen LogP contribution in [-0.2, 0) is 0 Å². The van der Waals surface area contributed by atoms with Gasteiger partial charge in [0, 0.05) is 24.0 Å². The van der Waals surface area contributed by atoms with Crippen LogP contribution in [0.5, 0.6) is 11.6 Å². The first-order chi connectivity index (χ1) is 15.0. The number of nitrogens with one attached hydrogen (secondary N) is 1. The molecule has 0 spiro atoms. The van der Waals surface area contributed by atoms with Crippen LogP contribution in [0.1, 0.15) is 35.8 Å². The van der Waals surface area contributed by atoms with Gasteiger partial charge in [-0.25, -0.2) is 9.97 Å². The molecule has 1 N–H and O–H groups in total. The minimum atomic E-state index is -0.307. The molecule has 0 saturated heterocycles. The highest BCUT2D eigenvalue weighted by Gasteiger charge is 2.14. The van der Waals surface area contributed by atoms with Gasteiger partial charge in [0.15, 0.2) is 5.82 Å². The number of benzene rings is 1. The lowest BCUT2D eigenvalue weighted by Crippen LogP contribution is -2.13. The van der Waals surface area contributed by atoms with Crippen LogP contribution in [0, 0.1) is 6.92 Å². The largest absolute Gasteiger partial charge is 0.437 e. The highest BCUT2D eigenvalue weighted by molar-refractivity contribution is 6.04. The van der Waals surface area contributed by atoms with Gasteiger partial charge in [-0.05, 0) is 50.6 Å². The van der Waals surface area contributed by atoms with Gasteiger partial charge in [-0.2, -0.15) is 0 Å². The molecule has 9 heteroatoms. The van der Waals surface area contributed by atoms with Gasteiger partial charge in [-0.3, -0.25) is 9.78 Å². The number of carbonyl (C=O) groups excluding carboxylic acids is 1. The highest BCUT2D eigenvalue weighted by Crippen LogP contribution is 2.25. The lowest BCUT2D eigenvalue weighted by molar-refractivity contribution is 0.102. The van der Waals surface area contributed by atoms with Crippen LogP contribution < -0.4 is 10.1 Å². The topological polar surface area (TPSA) is 108 Å². The molecule has 3 aromatic heterocycles. The molecule has 0 aliphatic carbocycles. The number of pyridine rings is 1. The Bertz CT molecular complexity index is 1210. The van der Waals surface area contributed by atoms with Crippen molar-refractivity contribution in [3.05, 3.63) is 72.4 Å². The molecule has 0 unspecified atom stereocenters. The molecule has 0 atom stereocenters. The van der Waals surface area contributed by atoms with Crippen molar-refractivity contribution in [2.24, 2.45) is 0 Å².